The fraction of sp³-hybridized carbons (Fsp3) is 0.768. The number of unbranched alkanes of at least 4 members (excludes halogenated alkanes) is 31. The maximum absolute atomic E-state index is 13.6. The molecular formula is C69H125N2O7P. The molecule has 9 nitrogen and oxygen atoms in total. The Kier molecular flexibility index (Phi) is 56.3. The van der Waals surface area contributed by atoms with Crippen molar-refractivity contribution in [3.8, 4) is 0 Å². The number of phosphoric acid groups is 1. The first-order valence-electron chi connectivity index (χ1n) is 32.9. The van der Waals surface area contributed by atoms with E-state index in [-0.39, 0.29) is 24.9 Å². The van der Waals surface area contributed by atoms with E-state index in [1.807, 2.05) is 33.3 Å². The number of carbonyl (C=O) groups is 2. The summed E-state index contributed by atoms with van der Waals surface area (Å²) in [4.78, 5) is 40.1. The van der Waals surface area contributed by atoms with Crippen LogP contribution in [-0.2, 0) is 27.9 Å². The molecule has 0 fully saturated rings. The van der Waals surface area contributed by atoms with Gasteiger partial charge in [0.1, 0.15) is 19.3 Å². The molecule has 3 unspecified atom stereocenters. The SMILES string of the molecule is CC/C=C\C/C=C\C/C=C\C/C=C\C/C=C\CCCCCCCCCC(=O)NC(COP(=O)([O-])OCC[N+](C)(C)C)C(/C=C\CCCCCCCCCCCCC)OC(=O)CCCCCCCCC/C=C/CCCCCCCC. The molecule has 0 bridgehead atoms. The monoisotopic (exact) mass is 1120 g/mol. The molecular weight excluding hydrogens is 1000 g/mol. The van der Waals surface area contributed by atoms with Gasteiger partial charge >= 0.3 is 5.97 Å². The molecule has 79 heavy (non-hydrogen) atoms. The normalized spacial score (nSPS) is 14.2. The number of rotatable bonds is 59. The first-order valence-corrected chi connectivity index (χ1v) is 34.4. The lowest BCUT2D eigenvalue weighted by molar-refractivity contribution is -0.870. The molecule has 0 aromatic carbocycles. The molecule has 0 radical (unpaired) electrons. The Bertz CT molecular complexity index is 1630. The number of likely N-dealkylation sites (N-methyl/N-ethyl adjacent to an activating group) is 1. The van der Waals surface area contributed by atoms with Crippen LogP contribution < -0.4 is 10.2 Å². The van der Waals surface area contributed by atoms with Crippen LogP contribution in [0.4, 0.5) is 0 Å². The molecule has 0 spiro atoms. The maximum Gasteiger partial charge on any atom is 0.306 e. The molecule has 0 saturated heterocycles. The number of carbonyl (C=O) groups excluding carboxylic acids is 2. The molecule has 1 amide bonds. The first kappa shape index (κ1) is 76.2. The molecule has 1 N–H and O–H groups in total. The van der Waals surface area contributed by atoms with Crippen LogP contribution in [0.15, 0.2) is 85.1 Å². The number of quaternary nitrogens is 1. The molecule has 0 aliphatic carbocycles. The van der Waals surface area contributed by atoms with Crippen LogP contribution >= 0.6 is 7.82 Å². The van der Waals surface area contributed by atoms with Gasteiger partial charge in [-0.05, 0) is 102 Å². The standard InChI is InChI=1S/C69H125N2O7P/c1-7-10-13-16-19-22-25-28-30-32-33-34-35-36-37-39-40-43-46-49-52-55-58-61-68(72)70-66(65-77-79(74,75)76-64-63-71(4,5)6)67(60-57-54-51-48-45-42-27-24-21-18-15-12-9-3)78-69(73)62-59-56-53-50-47-44-41-38-31-29-26-23-20-17-14-11-8-2/h10,13,19,22,28-31,33-34,36-37,57,60,66-67H,7-9,11-12,14-18,20-21,23-27,32,35,38-56,58-59,61-65H2,1-6H3,(H-,70,72,74,75)/b13-10-,22-19-,30-28-,31-29+,34-33-,37-36-,60-57-. The minimum Gasteiger partial charge on any atom is -0.756 e. The predicted octanol–water partition coefficient (Wildman–Crippen LogP) is 19.9. The number of hydrogen-bond acceptors (Lipinski definition) is 7. The second-order valence-electron chi connectivity index (χ2n) is 23.2. The highest BCUT2D eigenvalue weighted by Crippen LogP contribution is 2.38. The van der Waals surface area contributed by atoms with Gasteiger partial charge in [-0.25, -0.2) is 0 Å². The summed E-state index contributed by atoms with van der Waals surface area (Å²) < 4.78 is 30.4. The van der Waals surface area contributed by atoms with Crippen LogP contribution in [0.3, 0.4) is 0 Å². The Morgan fingerprint density at radius 2 is 0.810 bits per heavy atom. The minimum atomic E-state index is -4.71. The van der Waals surface area contributed by atoms with E-state index in [0.29, 0.717) is 17.4 Å². The van der Waals surface area contributed by atoms with Crippen LogP contribution in [0.25, 0.3) is 0 Å². The molecule has 3 atom stereocenters. The second-order valence-corrected chi connectivity index (χ2v) is 24.6. The zero-order valence-electron chi connectivity index (χ0n) is 52.3. The van der Waals surface area contributed by atoms with Crippen molar-refractivity contribution in [2.45, 2.75) is 303 Å². The lowest BCUT2D eigenvalue weighted by atomic mass is 10.0. The van der Waals surface area contributed by atoms with Crippen molar-refractivity contribution < 1.29 is 37.3 Å². The molecule has 458 valence electrons. The Morgan fingerprint density at radius 1 is 0.456 bits per heavy atom. The van der Waals surface area contributed by atoms with Gasteiger partial charge in [0.25, 0.3) is 7.82 Å². The quantitative estimate of drug-likeness (QED) is 0.0212. The number of phosphoric ester groups is 1. The highest BCUT2D eigenvalue weighted by molar-refractivity contribution is 7.45. The smallest absolute Gasteiger partial charge is 0.306 e. The highest BCUT2D eigenvalue weighted by Gasteiger charge is 2.27. The van der Waals surface area contributed by atoms with Crippen LogP contribution in [0.2, 0.25) is 0 Å². The Balaban J connectivity index is 5.24. The van der Waals surface area contributed by atoms with Gasteiger partial charge in [0.2, 0.25) is 5.91 Å². The van der Waals surface area contributed by atoms with Crippen molar-refractivity contribution >= 4 is 19.7 Å². The number of ether oxygens (including phenoxy) is 1. The van der Waals surface area contributed by atoms with Crippen molar-refractivity contribution in [2.75, 3.05) is 40.9 Å². The van der Waals surface area contributed by atoms with Crippen molar-refractivity contribution in [3.05, 3.63) is 85.1 Å². The van der Waals surface area contributed by atoms with E-state index in [9.17, 15) is 19.0 Å². The zero-order chi connectivity index (χ0) is 57.9. The van der Waals surface area contributed by atoms with Crippen molar-refractivity contribution in [1.82, 2.24) is 5.32 Å². The van der Waals surface area contributed by atoms with Crippen LogP contribution in [0.1, 0.15) is 290 Å². The van der Waals surface area contributed by atoms with Gasteiger partial charge in [-0.3, -0.25) is 14.2 Å². The topological polar surface area (TPSA) is 114 Å². The summed E-state index contributed by atoms with van der Waals surface area (Å²) in [5.41, 5.74) is 0. The molecule has 0 saturated carbocycles. The Labute approximate surface area is 488 Å². The number of hydrogen-bond donors (Lipinski definition) is 1. The van der Waals surface area contributed by atoms with Crippen molar-refractivity contribution in [2.24, 2.45) is 0 Å². The fourth-order valence-electron chi connectivity index (χ4n) is 9.25. The van der Waals surface area contributed by atoms with E-state index in [2.05, 4.69) is 99.0 Å². The minimum absolute atomic E-state index is 0.0282. The van der Waals surface area contributed by atoms with Crippen molar-refractivity contribution in [1.29, 1.82) is 0 Å². The average molecular weight is 1130 g/mol. The number of nitrogens with zero attached hydrogens (tertiary/aromatic N) is 1. The summed E-state index contributed by atoms with van der Waals surface area (Å²) in [6, 6.07) is -0.900. The molecule has 0 heterocycles. The Morgan fingerprint density at radius 3 is 1.23 bits per heavy atom. The fourth-order valence-corrected chi connectivity index (χ4v) is 9.97. The number of nitrogens with one attached hydrogen (secondary N) is 1. The van der Waals surface area contributed by atoms with Crippen LogP contribution in [0, 0.1) is 0 Å². The number of esters is 1. The summed E-state index contributed by atoms with van der Waals surface area (Å²) in [6.45, 7) is 6.73. The third-order valence-electron chi connectivity index (χ3n) is 14.3. The van der Waals surface area contributed by atoms with Crippen LogP contribution in [0.5, 0.6) is 0 Å². The molecule has 0 aromatic rings. The molecule has 0 aromatic heterocycles. The van der Waals surface area contributed by atoms with Gasteiger partial charge in [-0.2, -0.15) is 0 Å². The third kappa shape index (κ3) is 59.6. The predicted molar refractivity (Wildman–Crippen MR) is 339 cm³/mol. The number of allylic oxidation sites excluding steroid dienone is 13. The lowest BCUT2D eigenvalue weighted by Gasteiger charge is -2.30. The van der Waals surface area contributed by atoms with E-state index in [4.69, 9.17) is 13.8 Å². The van der Waals surface area contributed by atoms with Gasteiger partial charge in [0.15, 0.2) is 0 Å². The molecule has 0 rings (SSSR count). The van der Waals surface area contributed by atoms with E-state index >= 15 is 0 Å². The first-order chi connectivity index (χ1) is 38.4. The summed E-state index contributed by atoms with van der Waals surface area (Å²) in [5.74, 6) is -0.556. The summed E-state index contributed by atoms with van der Waals surface area (Å²) >= 11 is 0. The van der Waals surface area contributed by atoms with E-state index in [0.717, 1.165) is 116 Å². The summed E-state index contributed by atoms with van der Waals surface area (Å²) in [7, 11) is 1.17. The second kappa shape index (κ2) is 58.4. The molecule has 0 aliphatic rings. The molecule has 0 aliphatic heterocycles. The average Bonchev–Trinajstić information content (AvgIpc) is 3.41. The summed E-state index contributed by atoms with van der Waals surface area (Å²) in [6.07, 6.45) is 76.9. The summed E-state index contributed by atoms with van der Waals surface area (Å²) in [5, 5.41) is 3.03. The van der Waals surface area contributed by atoms with Crippen molar-refractivity contribution in [3.63, 3.8) is 0 Å². The lowest BCUT2D eigenvalue weighted by Crippen LogP contribution is -2.47. The Hall–Kier alpha value is -2.81. The number of amides is 1. The maximum atomic E-state index is 13.6. The van der Waals surface area contributed by atoms with Gasteiger partial charge < -0.3 is 28.5 Å². The molecule has 10 heteroatoms. The van der Waals surface area contributed by atoms with E-state index in [1.54, 1.807) is 0 Å². The van der Waals surface area contributed by atoms with Gasteiger partial charge in [-0.1, -0.05) is 260 Å². The highest BCUT2D eigenvalue weighted by atomic mass is 31.2. The third-order valence-corrected chi connectivity index (χ3v) is 15.3. The van der Waals surface area contributed by atoms with Gasteiger partial charge in [0.05, 0.1) is 33.8 Å². The van der Waals surface area contributed by atoms with Gasteiger partial charge in [-0.15, -0.1) is 0 Å². The zero-order valence-corrected chi connectivity index (χ0v) is 53.2. The van der Waals surface area contributed by atoms with Gasteiger partial charge in [0, 0.05) is 12.8 Å². The largest absolute Gasteiger partial charge is 0.756 e. The van der Waals surface area contributed by atoms with E-state index in [1.165, 1.54) is 141 Å². The van der Waals surface area contributed by atoms with Crippen LogP contribution in [-0.4, -0.2) is 69.4 Å². The van der Waals surface area contributed by atoms with E-state index < -0.39 is 26.6 Å².